The number of aryl methyl sites for hydroxylation is 2. The molecule has 1 saturated heterocycles. The van der Waals surface area contributed by atoms with Gasteiger partial charge in [-0.25, -0.2) is 4.98 Å². The average molecular weight is 471 g/mol. The number of methoxy groups -OCH3 is 1. The minimum Gasteiger partial charge on any atom is -0.507 e. The Kier molecular flexibility index (Phi) is 5.42. The summed E-state index contributed by atoms with van der Waals surface area (Å²) in [5.74, 6) is -1.18. The van der Waals surface area contributed by atoms with Gasteiger partial charge in [0, 0.05) is 5.56 Å². The molecule has 0 unspecified atom stereocenters. The lowest BCUT2D eigenvalue weighted by Gasteiger charge is -2.23. The lowest BCUT2D eigenvalue weighted by atomic mass is 9.95. The largest absolute Gasteiger partial charge is 0.507 e. The molecule has 7 heteroatoms. The first-order valence-electron chi connectivity index (χ1n) is 10.8. The Labute approximate surface area is 200 Å². The third kappa shape index (κ3) is 3.64. The van der Waals surface area contributed by atoms with Crippen LogP contribution in [0.1, 0.15) is 28.3 Å². The topological polar surface area (TPSA) is 79.7 Å². The number of fused-ring (bicyclic) bond motifs is 1. The Hall–Kier alpha value is -3.97. The number of nitrogens with zero attached hydrogens (tertiary/aromatic N) is 2. The maximum atomic E-state index is 13.3. The summed E-state index contributed by atoms with van der Waals surface area (Å²) in [5, 5.41) is 11.7. The van der Waals surface area contributed by atoms with Gasteiger partial charge in [-0.05, 0) is 49.2 Å². The van der Waals surface area contributed by atoms with Crippen molar-refractivity contribution in [3.05, 3.63) is 94.6 Å². The van der Waals surface area contributed by atoms with E-state index in [-0.39, 0.29) is 11.3 Å². The van der Waals surface area contributed by atoms with Crippen molar-refractivity contribution in [2.75, 3.05) is 12.0 Å². The Bertz CT molecular complexity index is 1470. The zero-order valence-electron chi connectivity index (χ0n) is 18.9. The average Bonchev–Trinajstić information content (AvgIpc) is 3.37. The molecular weight excluding hydrogens is 448 g/mol. The Morgan fingerprint density at radius 1 is 1.00 bits per heavy atom. The van der Waals surface area contributed by atoms with Crippen molar-refractivity contribution in [2.45, 2.75) is 19.9 Å². The van der Waals surface area contributed by atoms with Crippen LogP contribution in [-0.4, -0.2) is 28.9 Å². The fraction of sp³-hybridized carbons (Fsp3) is 0.148. The van der Waals surface area contributed by atoms with Gasteiger partial charge in [-0.2, -0.15) is 0 Å². The summed E-state index contributed by atoms with van der Waals surface area (Å²) in [6.45, 7) is 3.96. The summed E-state index contributed by atoms with van der Waals surface area (Å²) in [6.07, 6.45) is 0. The number of aliphatic hydroxyl groups is 1. The van der Waals surface area contributed by atoms with Gasteiger partial charge >= 0.3 is 5.91 Å². The van der Waals surface area contributed by atoms with Gasteiger partial charge in [0.05, 0.1) is 28.9 Å². The van der Waals surface area contributed by atoms with E-state index in [2.05, 4.69) is 4.98 Å². The number of Topliss-reactive ketones (excluding diaryl/α,β-unsaturated/α-hetero) is 1. The van der Waals surface area contributed by atoms with Crippen LogP contribution in [0, 0.1) is 13.8 Å². The zero-order chi connectivity index (χ0) is 24.0. The molecule has 1 aromatic heterocycles. The van der Waals surface area contributed by atoms with Crippen molar-refractivity contribution < 1.29 is 19.4 Å². The van der Waals surface area contributed by atoms with E-state index in [1.807, 2.05) is 56.3 Å². The number of thiazole rings is 1. The third-order valence-corrected chi connectivity index (χ3v) is 6.94. The Morgan fingerprint density at radius 2 is 1.74 bits per heavy atom. The molecule has 0 aliphatic carbocycles. The molecule has 34 heavy (non-hydrogen) atoms. The second-order valence-electron chi connectivity index (χ2n) is 8.28. The van der Waals surface area contributed by atoms with Crippen LogP contribution in [0.3, 0.4) is 0 Å². The van der Waals surface area contributed by atoms with Crippen LogP contribution in [0.15, 0.2) is 72.3 Å². The molecule has 1 aliphatic heterocycles. The molecular formula is C27H22N2O4S. The first kappa shape index (κ1) is 21.9. The number of ether oxygens (including phenoxy) is 1. The lowest BCUT2D eigenvalue weighted by Crippen LogP contribution is -2.29. The van der Waals surface area contributed by atoms with Gasteiger partial charge in [-0.3, -0.25) is 14.5 Å². The van der Waals surface area contributed by atoms with Crippen LogP contribution in [0.2, 0.25) is 0 Å². The second kappa shape index (κ2) is 8.43. The minimum atomic E-state index is -0.812. The third-order valence-electron chi connectivity index (χ3n) is 5.92. The quantitative estimate of drug-likeness (QED) is 0.240. The standard InChI is InChI=1S/C27H22N2O4S/c1-15-7-10-17(11-8-15)23-22(24(30)18-5-4-6-19(14-18)33-3)25(31)26(32)29(23)27-28-20-12-9-16(2)13-21(20)34-27/h4-14,23,30H,1-3H3/b24-22+/t23-/m1/s1. The number of hydrogen-bond donors (Lipinski definition) is 1. The van der Waals surface area contributed by atoms with Gasteiger partial charge in [0.2, 0.25) is 0 Å². The number of aliphatic hydroxyl groups excluding tert-OH is 1. The maximum Gasteiger partial charge on any atom is 0.301 e. The lowest BCUT2D eigenvalue weighted by molar-refractivity contribution is -0.132. The first-order chi connectivity index (χ1) is 16.4. The van der Waals surface area contributed by atoms with Gasteiger partial charge in [0.15, 0.2) is 5.13 Å². The van der Waals surface area contributed by atoms with Crippen molar-refractivity contribution in [1.82, 2.24) is 4.98 Å². The molecule has 1 fully saturated rings. The highest BCUT2D eigenvalue weighted by atomic mass is 32.1. The molecule has 1 atom stereocenters. The number of rotatable bonds is 4. The normalized spacial score (nSPS) is 17.5. The highest BCUT2D eigenvalue weighted by Gasteiger charge is 2.48. The maximum absolute atomic E-state index is 13.3. The van der Waals surface area contributed by atoms with Gasteiger partial charge in [-0.15, -0.1) is 0 Å². The van der Waals surface area contributed by atoms with Gasteiger partial charge in [-0.1, -0.05) is 59.4 Å². The van der Waals surface area contributed by atoms with Crippen molar-refractivity contribution in [2.24, 2.45) is 0 Å². The number of aromatic nitrogens is 1. The smallest absolute Gasteiger partial charge is 0.301 e. The van der Waals surface area contributed by atoms with E-state index in [4.69, 9.17) is 4.74 Å². The van der Waals surface area contributed by atoms with E-state index in [0.717, 1.165) is 21.3 Å². The molecule has 4 aromatic rings. The van der Waals surface area contributed by atoms with Crippen LogP contribution < -0.4 is 9.64 Å². The van der Waals surface area contributed by atoms with E-state index < -0.39 is 17.7 Å². The van der Waals surface area contributed by atoms with E-state index in [0.29, 0.717) is 22.0 Å². The van der Waals surface area contributed by atoms with Crippen molar-refractivity contribution >= 4 is 44.1 Å². The molecule has 1 N–H and O–H groups in total. The number of hydrogen-bond acceptors (Lipinski definition) is 6. The summed E-state index contributed by atoms with van der Waals surface area (Å²) in [7, 11) is 1.53. The molecule has 6 nitrogen and oxygen atoms in total. The van der Waals surface area contributed by atoms with Crippen LogP contribution in [0.4, 0.5) is 5.13 Å². The van der Waals surface area contributed by atoms with Crippen LogP contribution in [0.5, 0.6) is 5.75 Å². The van der Waals surface area contributed by atoms with Gasteiger partial charge < -0.3 is 9.84 Å². The van der Waals surface area contributed by atoms with E-state index in [9.17, 15) is 14.7 Å². The highest BCUT2D eigenvalue weighted by Crippen LogP contribution is 2.44. The molecule has 1 amide bonds. The van der Waals surface area contributed by atoms with Crippen molar-refractivity contribution in [3.8, 4) is 5.75 Å². The van der Waals surface area contributed by atoms with E-state index >= 15 is 0 Å². The highest BCUT2D eigenvalue weighted by molar-refractivity contribution is 7.22. The number of carbonyl (C=O) groups excluding carboxylic acids is 2. The predicted molar refractivity (Wildman–Crippen MR) is 133 cm³/mol. The fourth-order valence-corrected chi connectivity index (χ4v) is 5.23. The molecule has 0 spiro atoms. The first-order valence-corrected chi connectivity index (χ1v) is 11.6. The minimum absolute atomic E-state index is 0.0255. The molecule has 5 rings (SSSR count). The molecule has 1 aliphatic rings. The molecule has 170 valence electrons. The summed E-state index contributed by atoms with van der Waals surface area (Å²) < 4.78 is 6.19. The van der Waals surface area contributed by atoms with Crippen LogP contribution in [0.25, 0.3) is 16.0 Å². The van der Waals surface area contributed by atoms with Crippen molar-refractivity contribution in [1.29, 1.82) is 0 Å². The Balaban J connectivity index is 1.73. The Morgan fingerprint density at radius 3 is 2.47 bits per heavy atom. The predicted octanol–water partition coefficient (Wildman–Crippen LogP) is 5.55. The number of ketones is 1. The number of benzene rings is 3. The monoisotopic (exact) mass is 470 g/mol. The number of anilines is 1. The summed E-state index contributed by atoms with van der Waals surface area (Å²) in [6, 6.07) is 19.4. The van der Waals surface area contributed by atoms with E-state index in [1.165, 1.54) is 23.3 Å². The SMILES string of the molecule is COc1cccc(/C(O)=C2\C(=O)C(=O)N(c3nc4ccc(C)cc4s3)[C@@H]2c2ccc(C)cc2)c1. The van der Waals surface area contributed by atoms with Gasteiger partial charge in [0.25, 0.3) is 5.78 Å². The summed E-state index contributed by atoms with van der Waals surface area (Å²) in [4.78, 5) is 32.7. The molecule has 2 heterocycles. The summed E-state index contributed by atoms with van der Waals surface area (Å²) >= 11 is 1.35. The zero-order valence-corrected chi connectivity index (χ0v) is 19.7. The second-order valence-corrected chi connectivity index (χ2v) is 9.29. The van der Waals surface area contributed by atoms with Gasteiger partial charge in [0.1, 0.15) is 11.5 Å². The van der Waals surface area contributed by atoms with Crippen LogP contribution >= 0.6 is 11.3 Å². The molecule has 0 saturated carbocycles. The van der Waals surface area contributed by atoms with Crippen LogP contribution in [-0.2, 0) is 9.59 Å². The van der Waals surface area contributed by atoms with Crippen molar-refractivity contribution in [3.63, 3.8) is 0 Å². The summed E-state index contributed by atoms with van der Waals surface area (Å²) in [5.41, 5.74) is 4.02. The molecule has 0 radical (unpaired) electrons. The number of amides is 1. The number of carbonyl (C=O) groups is 2. The van der Waals surface area contributed by atoms with E-state index in [1.54, 1.807) is 24.3 Å². The fourth-order valence-electron chi connectivity index (χ4n) is 4.14. The molecule has 3 aromatic carbocycles. The molecule has 0 bridgehead atoms.